The second kappa shape index (κ2) is 7.86. The highest BCUT2D eigenvalue weighted by molar-refractivity contribution is 7.89. The Balaban J connectivity index is 1.58. The van der Waals surface area contributed by atoms with E-state index in [0.717, 1.165) is 40.1 Å². The lowest BCUT2D eigenvalue weighted by molar-refractivity contribution is 0.0400. The van der Waals surface area contributed by atoms with E-state index in [1.807, 2.05) is 37.3 Å². The average molecular weight is 435 g/mol. The number of hydrogen-bond acceptors (Lipinski definition) is 4. The van der Waals surface area contributed by atoms with Gasteiger partial charge in [-0.2, -0.15) is 4.31 Å². The van der Waals surface area contributed by atoms with Gasteiger partial charge in [0.05, 0.1) is 23.3 Å². The predicted molar refractivity (Wildman–Crippen MR) is 120 cm³/mol. The minimum atomic E-state index is -3.56. The van der Waals surface area contributed by atoms with Crippen LogP contribution in [0.25, 0.3) is 11.3 Å². The summed E-state index contributed by atoms with van der Waals surface area (Å²) < 4.78 is 34.2. The quantitative estimate of drug-likeness (QED) is 0.618. The fourth-order valence-corrected chi connectivity index (χ4v) is 5.92. The molecule has 31 heavy (non-hydrogen) atoms. The molecule has 0 radical (unpaired) electrons. The van der Waals surface area contributed by atoms with Crippen LogP contribution < -0.4 is 0 Å². The molecule has 0 N–H and O–H groups in total. The van der Waals surface area contributed by atoms with E-state index < -0.39 is 10.0 Å². The van der Waals surface area contributed by atoms with Crippen LogP contribution in [0.2, 0.25) is 0 Å². The maximum Gasteiger partial charge on any atom is 0.243 e. The molecule has 5 nitrogen and oxygen atoms in total. The zero-order chi connectivity index (χ0) is 21.6. The summed E-state index contributed by atoms with van der Waals surface area (Å²) in [7, 11) is -3.56. The third-order valence-electron chi connectivity index (χ3n) is 6.25. The highest BCUT2D eigenvalue weighted by Gasteiger charge is 2.33. The van der Waals surface area contributed by atoms with Crippen molar-refractivity contribution in [3.8, 4) is 11.3 Å². The fraction of sp³-hybridized carbons (Fsp3) is 0.320. The molecule has 1 atom stereocenters. The molecule has 2 aliphatic heterocycles. The Morgan fingerprint density at radius 2 is 1.74 bits per heavy atom. The monoisotopic (exact) mass is 434 g/mol. The average Bonchev–Trinajstić information content (AvgIpc) is 2.79. The van der Waals surface area contributed by atoms with Crippen LogP contribution in [0.4, 0.5) is 0 Å². The summed E-state index contributed by atoms with van der Waals surface area (Å²) >= 11 is 0. The van der Waals surface area contributed by atoms with Crippen LogP contribution in [0, 0.1) is 6.92 Å². The maximum atomic E-state index is 13.3. The minimum absolute atomic E-state index is 0.116. The first-order valence-electron chi connectivity index (χ1n) is 10.7. The van der Waals surface area contributed by atoms with Crippen molar-refractivity contribution in [2.75, 3.05) is 6.54 Å². The van der Waals surface area contributed by atoms with Crippen molar-refractivity contribution in [3.63, 3.8) is 0 Å². The Labute approximate surface area is 183 Å². The van der Waals surface area contributed by atoms with Gasteiger partial charge < -0.3 is 4.74 Å². The van der Waals surface area contributed by atoms with Gasteiger partial charge in [0.25, 0.3) is 0 Å². The fourth-order valence-electron chi connectivity index (χ4n) is 4.51. The summed E-state index contributed by atoms with van der Waals surface area (Å²) in [5, 5.41) is 0. The predicted octanol–water partition coefficient (Wildman–Crippen LogP) is 4.27. The standard InChI is InChI=1S/C25H26N2O3S/c1-17-8-10-20(11-9-17)31(28,29)27-13-12-24-22(15-27)23-16-30-18(2)14-21(23)25(26-24)19-6-4-3-5-7-19/h3-11,18H,12-16H2,1-2H3/t18-/m0/s1. The number of aromatic nitrogens is 1. The number of hydrogen-bond donors (Lipinski definition) is 0. The van der Waals surface area contributed by atoms with Crippen molar-refractivity contribution >= 4 is 10.0 Å². The summed E-state index contributed by atoms with van der Waals surface area (Å²) in [6, 6.07) is 17.3. The first-order chi connectivity index (χ1) is 14.9. The van der Waals surface area contributed by atoms with Crippen molar-refractivity contribution in [2.24, 2.45) is 0 Å². The van der Waals surface area contributed by atoms with Crippen LogP contribution >= 0.6 is 0 Å². The smallest absolute Gasteiger partial charge is 0.243 e. The maximum absolute atomic E-state index is 13.3. The van der Waals surface area contributed by atoms with Gasteiger partial charge in [-0.05, 0) is 42.7 Å². The van der Waals surface area contributed by atoms with Gasteiger partial charge >= 0.3 is 0 Å². The molecule has 3 aromatic rings. The molecule has 0 fully saturated rings. The molecule has 0 saturated carbocycles. The van der Waals surface area contributed by atoms with Crippen LogP contribution in [0.1, 0.15) is 34.9 Å². The summed E-state index contributed by atoms with van der Waals surface area (Å²) in [5.74, 6) is 0. The second-order valence-corrected chi connectivity index (χ2v) is 10.4. The van der Waals surface area contributed by atoms with Gasteiger partial charge in [0.2, 0.25) is 10.0 Å². The van der Waals surface area contributed by atoms with Gasteiger partial charge in [-0.15, -0.1) is 0 Å². The Morgan fingerprint density at radius 3 is 2.48 bits per heavy atom. The Morgan fingerprint density at radius 1 is 1.00 bits per heavy atom. The summed E-state index contributed by atoms with van der Waals surface area (Å²) in [6.45, 7) is 5.30. The number of benzene rings is 2. The van der Waals surface area contributed by atoms with Crippen molar-refractivity contribution < 1.29 is 13.2 Å². The van der Waals surface area contributed by atoms with Gasteiger partial charge in [0.15, 0.2) is 0 Å². The lowest BCUT2D eigenvalue weighted by Gasteiger charge is -2.33. The van der Waals surface area contributed by atoms with Crippen molar-refractivity contribution in [1.82, 2.24) is 9.29 Å². The molecule has 0 unspecified atom stereocenters. The van der Waals surface area contributed by atoms with E-state index >= 15 is 0 Å². The highest BCUT2D eigenvalue weighted by atomic mass is 32.2. The first-order valence-corrected chi connectivity index (χ1v) is 12.1. The van der Waals surface area contributed by atoms with E-state index in [9.17, 15) is 8.42 Å². The molecule has 6 heteroatoms. The van der Waals surface area contributed by atoms with Gasteiger partial charge in [0, 0.05) is 37.2 Å². The van der Waals surface area contributed by atoms with Crippen molar-refractivity contribution in [3.05, 3.63) is 82.5 Å². The van der Waals surface area contributed by atoms with E-state index in [4.69, 9.17) is 9.72 Å². The number of sulfonamides is 1. The van der Waals surface area contributed by atoms with Crippen LogP contribution in [-0.4, -0.2) is 30.4 Å². The van der Waals surface area contributed by atoms with Crippen molar-refractivity contribution in [1.29, 1.82) is 0 Å². The number of rotatable bonds is 3. The Kier molecular flexibility index (Phi) is 5.16. The largest absolute Gasteiger partial charge is 0.373 e. The Bertz CT molecular complexity index is 1220. The molecule has 1 aromatic heterocycles. The van der Waals surface area contributed by atoms with E-state index in [1.165, 1.54) is 5.56 Å². The molecule has 5 rings (SSSR count). The zero-order valence-corrected chi connectivity index (χ0v) is 18.7. The van der Waals surface area contributed by atoms with Gasteiger partial charge in [-0.1, -0.05) is 48.0 Å². The van der Waals surface area contributed by atoms with Crippen LogP contribution in [0.15, 0.2) is 59.5 Å². The van der Waals surface area contributed by atoms with Gasteiger partial charge in [-0.3, -0.25) is 4.98 Å². The molecule has 0 spiro atoms. The lowest BCUT2D eigenvalue weighted by atomic mass is 9.89. The van der Waals surface area contributed by atoms with E-state index in [1.54, 1.807) is 16.4 Å². The van der Waals surface area contributed by atoms with E-state index in [-0.39, 0.29) is 6.10 Å². The highest BCUT2D eigenvalue weighted by Crippen LogP contribution is 2.36. The minimum Gasteiger partial charge on any atom is -0.373 e. The molecule has 3 heterocycles. The molecule has 0 saturated heterocycles. The summed E-state index contributed by atoms with van der Waals surface area (Å²) in [6.07, 6.45) is 1.50. The van der Waals surface area contributed by atoms with Crippen LogP contribution in [-0.2, 0) is 40.8 Å². The number of pyridine rings is 1. The van der Waals surface area contributed by atoms with E-state index in [0.29, 0.717) is 31.0 Å². The van der Waals surface area contributed by atoms with Gasteiger partial charge in [0.1, 0.15) is 0 Å². The third-order valence-corrected chi connectivity index (χ3v) is 8.11. The lowest BCUT2D eigenvalue weighted by Crippen LogP contribution is -2.38. The van der Waals surface area contributed by atoms with Crippen LogP contribution in [0.5, 0.6) is 0 Å². The molecule has 0 amide bonds. The number of ether oxygens (including phenoxy) is 1. The molecular weight excluding hydrogens is 408 g/mol. The molecule has 0 aliphatic carbocycles. The van der Waals surface area contributed by atoms with Crippen LogP contribution in [0.3, 0.4) is 0 Å². The first kappa shape index (κ1) is 20.4. The molecule has 0 bridgehead atoms. The summed E-state index contributed by atoms with van der Waals surface area (Å²) in [5.41, 5.74) is 7.48. The molecule has 2 aromatic carbocycles. The van der Waals surface area contributed by atoms with Crippen molar-refractivity contribution in [2.45, 2.75) is 50.8 Å². The Hall–Kier alpha value is -2.54. The third kappa shape index (κ3) is 3.69. The normalized spacial score (nSPS) is 19.0. The molecular formula is C25H26N2O3S. The SMILES string of the molecule is Cc1ccc(S(=O)(=O)N2CCc3nc(-c4ccccc4)c4c(c3C2)CO[C@@H](C)C4)cc1. The van der Waals surface area contributed by atoms with Gasteiger partial charge in [-0.25, -0.2) is 8.42 Å². The number of nitrogens with zero attached hydrogens (tertiary/aromatic N) is 2. The number of aryl methyl sites for hydroxylation is 1. The zero-order valence-electron chi connectivity index (χ0n) is 17.8. The summed E-state index contributed by atoms with van der Waals surface area (Å²) in [4.78, 5) is 5.40. The number of fused-ring (bicyclic) bond motifs is 3. The molecule has 2 aliphatic rings. The van der Waals surface area contributed by atoms with E-state index in [2.05, 4.69) is 19.1 Å². The molecule has 160 valence electrons. The topological polar surface area (TPSA) is 59.5 Å². The second-order valence-electron chi connectivity index (χ2n) is 8.44.